The first-order valence-corrected chi connectivity index (χ1v) is 6.23. The zero-order valence-corrected chi connectivity index (χ0v) is 11.1. The van der Waals surface area contributed by atoms with Crippen LogP contribution < -0.4 is 5.32 Å². The number of carbonyl (C=O) groups is 1. The van der Waals surface area contributed by atoms with Gasteiger partial charge in [-0.1, -0.05) is 42.0 Å². The van der Waals surface area contributed by atoms with Gasteiger partial charge in [0.25, 0.3) is 0 Å². The number of carboxylic acids is 1. The lowest BCUT2D eigenvalue weighted by atomic mass is 10.1. The Balaban J connectivity index is 2.21. The quantitative estimate of drug-likeness (QED) is 0.872. The summed E-state index contributed by atoms with van der Waals surface area (Å²) >= 11 is 0. The maximum absolute atomic E-state index is 11.1. The lowest BCUT2D eigenvalue weighted by Gasteiger charge is -2.17. The van der Waals surface area contributed by atoms with Gasteiger partial charge in [0, 0.05) is 11.7 Å². The first kappa shape index (κ1) is 13.1. The number of nitrogens with one attached hydrogen (secondary N) is 1. The van der Waals surface area contributed by atoms with Gasteiger partial charge in [0.15, 0.2) is 0 Å². The second-order valence-corrected chi connectivity index (χ2v) is 4.63. The minimum absolute atomic E-state index is 0.0566. The molecule has 0 fully saturated rings. The third-order valence-corrected chi connectivity index (χ3v) is 3.11. The predicted molar refractivity (Wildman–Crippen MR) is 76.6 cm³/mol. The van der Waals surface area contributed by atoms with E-state index in [9.17, 15) is 4.79 Å². The number of para-hydroxylation sites is 1. The molecule has 1 atom stereocenters. The highest BCUT2D eigenvalue weighted by Gasteiger charge is 2.11. The third-order valence-electron chi connectivity index (χ3n) is 3.11. The SMILES string of the molecule is Cc1ccc(C(C)Nc2ccccc2C(=O)O)cc1. The first-order chi connectivity index (χ1) is 9.08. The molecule has 0 heterocycles. The standard InChI is InChI=1S/C16H17NO2/c1-11-7-9-13(10-8-11)12(2)17-15-6-4-3-5-14(15)16(18)19/h3-10,12,17H,1-2H3,(H,18,19). The maximum atomic E-state index is 11.1. The highest BCUT2D eigenvalue weighted by molar-refractivity contribution is 5.94. The lowest BCUT2D eigenvalue weighted by Crippen LogP contribution is -2.10. The van der Waals surface area contributed by atoms with E-state index in [2.05, 4.69) is 29.6 Å². The van der Waals surface area contributed by atoms with E-state index in [0.29, 0.717) is 11.3 Å². The number of hydrogen-bond donors (Lipinski definition) is 2. The van der Waals surface area contributed by atoms with Crippen molar-refractivity contribution < 1.29 is 9.90 Å². The van der Waals surface area contributed by atoms with Gasteiger partial charge in [-0.25, -0.2) is 4.79 Å². The molecule has 0 aliphatic rings. The van der Waals surface area contributed by atoms with E-state index in [1.54, 1.807) is 18.2 Å². The Morgan fingerprint density at radius 1 is 1.11 bits per heavy atom. The number of benzene rings is 2. The van der Waals surface area contributed by atoms with E-state index >= 15 is 0 Å². The van der Waals surface area contributed by atoms with Crippen LogP contribution in [0.15, 0.2) is 48.5 Å². The number of carboxylic acid groups (broad SMARTS) is 1. The minimum Gasteiger partial charge on any atom is -0.478 e. The molecular formula is C16H17NO2. The number of aryl methyl sites for hydroxylation is 1. The highest BCUT2D eigenvalue weighted by Crippen LogP contribution is 2.22. The number of aromatic carboxylic acids is 1. The second-order valence-electron chi connectivity index (χ2n) is 4.63. The van der Waals surface area contributed by atoms with Crippen LogP contribution in [0.1, 0.15) is 34.5 Å². The van der Waals surface area contributed by atoms with Gasteiger partial charge in [-0.15, -0.1) is 0 Å². The van der Waals surface area contributed by atoms with Gasteiger partial charge < -0.3 is 10.4 Å². The third kappa shape index (κ3) is 3.13. The topological polar surface area (TPSA) is 49.3 Å². The van der Waals surface area contributed by atoms with Gasteiger partial charge in [0.05, 0.1) is 5.56 Å². The maximum Gasteiger partial charge on any atom is 0.337 e. The monoisotopic (exact) mass is 255 g/mol. The summed E-state index contributed by atoms with van der Waals surface area (Å²) in [6, 6.07) is 15.2. The molecule has 0 aliphatic heterocycles. The summed E-state index contributed by atoms with van der Waals surface area (Å²) in [5, 5.41) is 12.4. The second kappa shape index (κ2) is 5.57. The van der Waals surface area contributed by atoms with Crippen molar-refractivity contribution in [3.8, 4) is 0 Å². The molecule has 3 heteroatoms. The molecule has 0 saturated carbocycles. The van der Waals surface area contributed by atoms with E-state index < -0.39 is 5.97 Å². The Morgan fingerprint density at radius 2 is 1.74 bits per heavy atom. The van der Waals surface area contributed by atoms with E-state index in [0.717, 1.165) is 5.56 Å². The van der Waals surface area contributed by atoms with Gasteiger partial charge in [0.2, 0.25) is 0 Å². The molecule has 0 saturated heterocycles. The van der Waals surface area contributed by atoms with Crippen molar-refractivity contribution in [1.82, 2.24) is 0 Å². The molecule has 0 spiro atoms. The van der Waals surface area contributed by atoms with Crippen molar-refractivity contribution in [3.05, 3.63) is 65.2 Å². The fraction of sp³-hybridized carbons (Fsp3) is 0.188. The molecule has 0 radical (unpaired) electrons. The normalized spacial score (nSPS) is 11.9. The van der Waals surface area contributed by atoms with E-state index in [1.165, 1.54) is 5.56 Å². The largest absolute Gasteiger partial charge is 0.478 e. The number of anilines is 1. The molecule has 0 amide bonds. The zero-order chi connectivity index (χ0) is 13.8. The molecule has 0 bridgehead atoms. The highest BCUT2D eigenvalue weighted by atomic mass is 16.4. The molecular weight excluding hydrogens is 238 g/mol. The van der Waals surface area contributed by atoms with Crippen molar-refractivity contribution in [2.24, 2.45) is 0 Å². The van der Waals surface area contributed by atoms with Gasteiger partial charge >= 0.3 is 5.97 Å². The summed E-state index contributed by atoms with van der Waals surface area (Å²) < 4.78 is 0. The number of hydrogen-bond acceptors (Lipinski definition) is 2. The van der Waals surface area contributed by atoms with Crippen LogP contribution in [0.4, 0.5) is 5.69 Å². The molecule has 2 rings (SSSR count). The molecule has 19 heavy (non-hydrogen) atoms. The average Bonchev–Trinajstić information content (AvgIpc) is 2.39. The molecule has 98 valence electrons. The first-order valence-electron chi connectivity index (χ1n) is 6.23. The Morgan fingerprint density at radius 3 is 2.37 bits per heavy atom. The fourth-order valence-corrected chi connectivity index (χ4v) is 1.97. The van der Waals surface area contributed by atoms with Gasteiger partial charge in [-0.3, -0.25) is 0 Å². The minimum atomic E-state index is -0.917. The van der Waals surface area contributed by atoms with Crippen molar-refractivity contribution in [3.63, 3.8) is 0 Å². The molecule has 2 aromatic rings. The summed E-state index contributed by atoms with van der Waals surface area (Å²) in [6.07, 6.45) is 0. The van der Waals surface area contributed by atoms with Crippen LogP contribution in [0.2, 0.25) is 0 Å². The van der Waals surface area contributed by atoms with Crippen molar-refractivity contribution in [2.75, 3.05) is 5.32 Å². The van der Waals surface area contributed by atoms with E-state index in [1.807, 2.05) is 19.9 Å². The molecule has 3 nitrogen and oxygen atoms in total. The number of rotatable bonds is 4. The van der Waals surface area contributed by atoms with Crippen molar-refractivity contribution in [1.29, 1.82) is 0 Å². The molecule has 2 aromatic carbocycles. The summed E-state index contributed by atoms with van der Waals surface area (Å²) in [7, 11) is 0. The van der Waals surface area contributed by atoms with E-state index in [4.69, 9.17) is 5.11 Å². The fourth-order valence-electron chi connectivity index (χ4n) is 1.97. The van der Waals surface area contributed by atoms with Crippen LogP contribution in [0.3, 0.4) is 0 Å². The molecule has 0 aliphatic carbocycles. The van der Waals surface area contributed by atoms with Crippen molar-refractivity contribution in [2.45, 2.75) is 19.9 Å². The van der Waals surface area contributed by atoms with Crippen molar-refractivity contribution >= 4 is 11.7 Å². The van der Waals surface area contributed by atoms with Crippen LogP contribution in [-0.2, 0) is 0 Å². The Kier molecular flexibility index (Phi) is 3.85. The Labute approximate surface area is 112 Å². The van der Waals surface area contributed by atoms with Crippen LogP contribution in [0.25, 0.3) is 0 Å². The van der Waals surface area contributed by atoms with Crippen LogP contribution in [0.5, 0.6) is 0 Å². The zero-order valence-electron chi connectivity index (χ0n) is 11.1. The van der Waals surface area contributed by atoms with E-state index in [-0.39, 0.29) is 6.04 Å². The smallest absolute Gasteiger partial charge is 0.337 e. The predicted octanol–water partition coefficient (Wildman–Crippen LogP) is 3.87. The summed E-state index contributed by atoms with van der Waals surface area (Å²) in [5.41, 5.74) is 3.28. The average molecular weight is 255 g/mol. The molecule has 1 unspecified atom stereocenters. The Bertz CT molecular complexity index is 576. The lowest BCUT2D eigenvalue weighted by molar-refractivity contribution is 0.0698. The van der Waals surface area contributed by atoms with Crippen LogP contribution in [0, 0.1) is 6.92 Å². The van der Waals surface area contributed by atoms with Crippen LogP contribution >= 0.6 is 0 Å². The summed E-state index contributed by atoms with van der Waals surface area (Å²) in [6.45, 7) is 4.06. The van der Waals surface area contributed by atoms with Crippen LogP contribution in [-0.4, -0.2) is 11.1 Å². The van der Waals surface area contributed by atoms with Gasteiger partial charge in [0.1, 0.15) is 0 Å². The van der Waals surface area contributed by atoms with Gasteiger partial charge in [-0.2, -0.15) is 0 Å². The molecule has 0 aromatic heterocycles. The summed E-state index contributed by atoms with van der Waals surface area (Å²) in [5.74, 6) is -0.917. The summed E-state index contributed by atoms with van der Waals surface area (Å²) in [4.78, 5) is 11.1. The molecule has 2 N–H and O–H groups in total. The van der Waals surface area contributed by atoms with Gasteiger partial charge in [-0.05, 0) is 31.5 Å². The Hall–Kier alpha value is -2.29.